The first-order valence-electron chi connectivity index (χ1n) is 6.78. The number of hydrogen-bond acceptors (Lipinski definition) is 2. The highest BCUT2D eigenvalue weighted by Gasteiger charge is 2.22. The Morgan fingerprint density at radius 2 is 2.17 bits per heavy atom. The van der Waals surface area contributed by atoms with Crippen molar-refractivity contribution in [3.8, 4) is 0 Å². The van der Waals surface area contributed by atoms with Crippen molar-refractivity contribution in [1.29, 1.82) is 0 Å². The van der Waals surface area contributed by atoms with Gasteiger partial charge in [0.1, 0.15) is 5.82 Å². The standard InChI is InChI=1S/C15H22FNS/c1-10-5-3-6-12(9-10)18-14-8-4-7-13(16)15(14)11(2)17/h4,7-8,10-12H,3,5-6,9,17H2,1-2H3. The lowest BCUT2D eigenvalue weighted by Crippen LogP contribution is -2.16. The Kier molecular flexibility index (Phi) is 4.68. The molecule has 0 aliphatic heterocycles. The second-order valence-electron chi connectivity index (χ2n) is 5.45. The number of benzene rings is 1. The van der Waals surface area contributed by atoms with E-state index in [9.17, 15) is 4.39 Å². The molecular weight excluding hydrogens is 245 g/mol. The van der Waals surface area contributed by atoms with Crippen LogP contribution in [0.3, 0.4) is 0 Å². The molecular formula is C15H22FNS. The summed E-state index contributed by atoms with van der Waals surface area (Å²) in [6, 6.07) is 5.06. The molecule has 3 heteroatoms. The van der Waals surface area contributed by atoms with Crippen molar-refractivity contribution in [2.45, 2.75) is 55.7 Å². The summed E-state index contributed by atoms with van der Waals surface area (Å²) >= 11 is 1.82. The molecule has 1 fully saturated rings. The molecule has 0 saturated heterocycles. The Balaban J connectivity index is 2.15. The van der Waals surface area contributed by atoms with Crippen LogP contribution in [0.25, 0.3) is 0 Å². The lowest BCUT2D eigenvalue weighted by atomic mass is 9.91. The number of rotatable bonds is 3. The predicted molar refractivity (Wildman–Crippen MR) is 76.3 cm³/mol. The highest BCUT2D eigenvalue weighted by Crippen LogP contribution is 2.39. The van der Waals surface area contributed by atoms with Crippen LogP contribution in [0.2, 0.25) is 0 Å². The zero-order valence-corrected chi connectivity index (χ0v) is 12.0. The summed E-state index contributed by atoms with van der Waals surface area (Å²) in [6.45, 7) is 4.16. The molecule has 1 aromatic rings. The fourth-order valence-electron chi connectivity index (χ4n) is 2.73. The van der Waals surface area contributed by atoms with E-state index in [-0.39, 0.29) is 11.9 Å². The second-order valence-corrected chi connectivity index (χ2v) is 6.79. The molecule has 1 aliphatic rings. The Hall–Kier alpha value is -0.540. The number of hydrogen-bond donors (Lipinski definition) is 1. The van der Waals surface area contributed by atoms with Crippen molar-refractivity contribution in [3.05, 3.63) is 29.6 Å². The Labute approximate surface area is 113 Å². The molecule has 0 aromatic heterocycles. The maximum Gasteiger partial charge on any atom is 0.129 e. The van der Waals surface area contributed by atoms with Gasteiger partial charge in [-0.2, -0.15) is 0 Å². The number of thioether (sulfide) groups is 1. The van der Waals surface area contributed by atoms with Gasteiger partial charge < -0.3 is 5.73 Å². The molecule has 18 heavy (non-hydrogen) atoms. The third-order valence-corrected chi connectivity index (χ3v) is 5.02. The van der Waals surface area contributed by atoms with Gasteiger partial charge in [-0.1, -0.05) is 25.8 Å². The van der Waals surface area contributed by atoms with E-state index in [1.54, 1.807) is 6.07 Å². The summed E-state index contributed by atoms with van der Waals surface area (Å²) in [5.74, 6) is 0.627. The maximum absolute atomic E-state index is 13.8. The van der Waals surface area contributed by atoms with E-state index in [1.807, 2.05) is 24.8 Å². The monoisotopic (exact) mass is 267 g/mol. The molecule has 0 radical (unpaired) electrons. The third kappa shape index (κ3) is 3.27. The average molecular weight is 267 g/mol. The first kappa shape index (κ1) is 13.9. The van der Waals surface area contributed by atoms with Crippen molar-refractivity contribution >= 4 is 11.8 Å². The van der Waals surface area contributed by atoms with E-state index in [1.165, 1.54) is 31.7 Å². The molecule has 2 N–H and O–H groups in total. The highest BCUT2D eigenvalue weighted by molar-refractivity contribution is 8.00. The molecule has 1 aromatic carbocycles. The molecule has 0 heterocycles. The van der Waals surface area contributed by atoms with Gasteiger partial charge in [-0.15, -0.1) is 11.8 Å². The minimum atomic E-state index is -0.241. The van der Waals surface area contributed by atoms with Crippen molar-refractivity contribution in [2.75, 3.05) is 0 Å². The quantitative estimate of drug-likeness (QED) is 0.871. The van der Waals surface area contributed by atoms with Crippen molar-refractivity contribution in [3.63, 3.8) is 0 Å². The van der Waals surface area contributed by atoms with Crippen LogP contribution in [0, 0.1) is 11.7 Å². The van der Waals surface area contributed by atoms with Crippen molar-refractivity contribution in [1.82, 2.24) is 0 Å². The Bertz CT molecular complexity index is 405. The largest absolute Gasteiger partial charge is 0.324 e. The normalized spacial score (nSPS) is 26.0. The summed E-state index contributed by atoms with van der Waals surface area (Å²) in [4.78, 5) is 1.03. The van der Waals surface area contributed by atoms with Crippen LogP contribution >= 0.6 is 11.8 Å². The van der Waals surface area contributed by atoms with Crippen LogP contribution in [-0.2, 0) is 0 Å². The highest BCUT2D eigenvalue weighted by atomic mass is 32.2. The molecule has 2 rings (SSSR count). The van der Waals surface area contributed by atoms with Gasteiger partial charge >= 0.3 is 0 Å². The molecule has 1 nitrogen and oxygen atoms in total. The van der Waals surface area contributed by atoms with Crippen molar-refractivity contribution < 1.29 is 4.39 Å². The van der Waals surface area contributed by atoms with Gasteiger partial charge in [0.25, 0.3) is 0 Å². The fourth-order valence-corrected chi connectivity index (χ4v) is 4.36. The molecule has 3 atom stereocenters. The average Bonchev–Trinajstić information content (AvgIpc) is 2.28. The van der Waals surface area contributed by atoms with Crippen LogP contribution in [0.1, 0.15) is 51.1 Å². The molecule has 0 bridgehead atoms. The topological polar surface area (TPSA) is 26.0 Å². The van der Waals surface area contributed by atoms with Crippen LogP contribution in [0.4, 0.5) is 4.39 Å². The molecule has 1 saturated carbocycles. The van der Waals surface area contributed by atoms with Crippen molar-refractivity contribution in [2.24, 2.45) is 11.7 Å². The number of nitrogens with two attached hydrogens (primary N) is 1. The zero-order valence-electron chi connectivity index (χ0n) is 11.2. The van der Waals surface area contributed by atoms with Gasteiger partial charge in [0.15, 0.2) is 0 Å². The maximum atomic E-state index is 13.8. The zero-order chi connectivity index (χ0) is 13.1. The van der Waals surface area contributed by atoms with E-state index in [0.29, 0.717) is 10.8 Å². The summed E-state index contributed by atoms with van der Waals surface area (Å²) in [5.41, 5.74) is 6.58. The SMILES string of the molecule is CC1CCCC(Sc2cccc(F)c2C(C)N)C1. The van der Waals surface area contributed by atoms with Gasteiger partial charge in [0.05, 0.1) is 0 Å². The van der Waals surface area contributed by atoms with Crippen LogP contribution in [0.15, 0.2) is 23.1 Å². The van der Waals surface area contributed by atoms with Gasteiger partial charge in [-0.3, -0.25) is 0 Å². The Morgan fingerprint density at radius 1 is 1.39 bits per heavy atom. The van der Waals surface area contributed by atoms with E-state index < -0.39 is 0 Å². The minimum Gasteiger partial charge on any atom is -0.324 e. The van der Waals surface area contributed by atoms with Gasteiger partial charge in [0.2, 0.25) is 0 Å². The lowest BCUT2D eigenvalue weighted by Gasteiger charge is -2.27. The molecule has 3 unspecified atom stereocenters. The summed E-state index contributed by atoms with van der Waals surface area (Å²) < 4.78 is 13.8. The van der Waals surface area contributed by atoms with Crippen LogP contribution in [0.5, 0.6) is 0 Å². The molecule has 0 amide bonds. The summed E-state index contributed by atoms with van der Waals surface area (Å²) in [5, 5.41) is 0.619. The predicted octanol–water partition coefficient (Wildman–Crippen LogP) is 4.52. The van der Waals surface area contributed by atoms with Crippen LogP contribution < -0.4 is 5.73 Å². The molecule has 1 aliphatic carbocycles. The summed E-state index contributed by atoms with van der Waals surface area (Å²) in [7, 11) is 0. The van der Waals surface area contributed by atoms with E-state index >= 15 is 0 Å². The lowest BCUT2D eigenvalue weighted by molar-refractivity contribution is 0.394. The Morgan fingerprint density at radius 3 is 2.83 bits per heavy atom. The fraction of sp³-hybridized carbons (Fsp3) is 0.600. The summed E-state index contributed by atoms with van der Waals surface area (Å²) in [6.07, 6.45) is 5.10. The third-order valence-electron chi connectivity index (χ3n) is 3.65. The second kappa shape index (κ2) is 6.07. The first-order valence-corrected chi connectivity index (χ1v) is 7.66. The number of halogens is 1. The van der Waals surface area contributed by atoms with Gasteiger partial charge in [-0.05, 0) is 37.8 Å². The van der Waals surface area contributed by atoms with Gasteiger partial charge in [-0.25, -0.2) is 4.39 Å². The first-order chi connectivity index (χ1) is 8.58. The van der Waals surface area contributed by atoms with E-state index in [2.05, 4.69) is 6.92 Å². The van der Waals surface area contributed by atoms with E-state index in [0.717, 1.165) is 10.8 Å². The van der Waals surface area contributed by atoms with Crippen LogP contribution in [-0.4, -0.2) is 5.25 Å². The minimum absolute atomic E-state index is 0.168. The molecule has 100 valence electrons. The van der Waals surface area contributed by atoms with E-state index in [4.69, 9.17) is 5.73 Å². The smallest absolute Gasteiger partial charge is 0.129 e. The van der Waals surface area contributed by atoms with Gasteiger partial charge in [0, 0.05) is 21.8 Å². The molecule has 0 spiro atoms.